The van der Waals surface area contributed by atoms with Crippen LogP contribution in [0.3, 0.4) is 0 Å². The van der Waals surface area contributed by atoms with Crippen molar-refractivity contribution in [3.8, 4) is 0 Å². The molecule has 3 N–H and O–H groups in total. The van der Waals surface area contributed by atoms with Gasteiger partial charge < -0.3 is 11.1 Å². The summed E-state index contributed by atoms with van der Waals surface area (Å²) in [5.74, 6) is 2.76. The molecule has 4 heteroatoms. The van der Waals surface area contributed by atoms with Gasteiger partial charge >= 0.3 is 0 Å². The lowest BCUT2D eigenvalue weighted by molar-refractivity contribution is 0.0106. The summed E-state index contributed by atoms with van der Waals surface area (Å²) in [4.78, 5) is 4.93. The maximum absolute atomic E-state index is 6.46. The third-order valence-corrected chi connectivity index (χ3v) is 7.27. The van der Waals surface area contributed by atoms with Gasteiger partial charge in [0, 0.05) is 22.0 Å². The Morgan fingerprint density at radius 3 is 2.42 bits per heavy atom. The third kappa shape index (κ3) is 2.80. The molecule has 4 aliphatic carbocycles. The SMILES string of the molecule is CCC(N)c1nc2cc(Cl)ccc2cc1NC12CC3CC(CC(C3)C1)C2. The number of hydrogen-bond donors (Lipinski definition) is 2. The highest BCUT2D eigenvalue weighted by Gasteiger charge is 2.51. The predicted molar refractivity (Wildman–Crippen MR) is 108 cm³/mol. The fourth-order valence-corrected chi connectivity index (χ4v) is 6.45. The molecule has 2 aromatic rings. The standard InChI is InChI=1S/C22H28ClN3/c1-2-18(24)21-20(8-16-3-4-17(23)9-19(16)25-21)26-22-10-13-5-14(11-22)7-15(6-13)12-22/h3-4,8-9,13-15,18,26H,2,5-7,10-12,24H2,1H3. The van der Waals surface area contributed by atoms with Gasteiger partial charge in [-0.05, 0) is 80.9 Å². The fraction of sp³-hybridized carbons (Fsp3) is 0.591. The molecule has 26 heavy (non-hydrogen) atoms. The van der Waals surface area contributed by atoms with E-state index in [0.717, 1.165) is 51.5 Å². The Morgan fingerprint density at radius 2 is 1.81 bits per heavy atom. The largest absolute Gasteiger partial charge is 0.378 e. The molecule has 0 spiro atoms. The van der Waals surface area contributed by atoms with Crippen molar-refractivity contribution >= 4 is 28.2 Å². The van der Waals surface area contributed by atoms with Crippen LogP contribution < -0.4 is 11.1 Å². The quantitative estimate of drug-likeness (QED) is 0.729. The van der Waals surface area contributed by atoms with E-state index in [4.69, 9.17) is 22.3 Å². The Labute approximate surface area is 160 Å². The van der Waals surface area contributed by atoms with E-state index in [9.17, 15) is 0 Å². The van der Waals surface area contributed by atoms with Crippen LogP contribution in [0.15, 0.2) is 24.3 Å². The normalized spacial score (nSPS) is 33.6. The Kier molecular flexibility index (Phi) is 3.95. The molecule has 0 aliphatic heterocycles. The van der Waals surface area contributed by atoms with Gasteiger partial charge in [0.25, 0.3) is 0 Å². The van der Waals surface area contributed by atoms with Gasteiger partial charge in [-0.15, -0.1) is 0 Å². The predicted octanol–water partition coefficient (Wildman–Crippen LogP) is 5.68. The minimum atomic E-state index is -0.0465. The van der Waals surface area contributed by atoms with Gasteiger partial charge in [-0.2, -0.15) is 0 Å². The van der Waals surface area contributed by atoms with Gasteiger partial charge in [-0.1, -0.05) is 24.6 Å². The van der Waals surface area contributed by atoms with Crippen molar-refractivity contribution in [3.63, 3.8) is 0 Å². The minimum Gasteiger partial charge on any atom is -0.378 e. The molecule has 0 saturated heterocycles. The van der Waals surface area contributed by atoms with Crippen molar-refractivity contribution in [2.24, 2.45) is 23.5 Å². The molecule has 1 heterocycles. The summed E-state index contributed by atoms with van der Waals surface area (Å²) < 4.78 is 0. The molecule has 4 aliphatic rings. The number of nitrogens with one attached hydrogen (secondary N) is 1. The molecule has 6 rings (SSSR count). The van der Waals surface area contributed by atoms with Crippen molar-refractivity contribution in [1.29, 1.82) is 0 Å². The van der Waals surface area contributed by atoms with Crippen LogP contribution in [0.5, 0.6) is 0 Å². The summed E-state index contributed by atoms with van der Waals surface area (Å²) in [6, 6.07) is 8.16. The van der Waals surface area contributed by atoms with E-state index < -0.39 is 0 Å². The molecule has 0 amide bonds. The van der Waals surface area contributed by atoms with Gasteiger partial charge in [0.05, 0.1) is 16.9 Å². The average molecular weight is 370 g/mol. The fourth-order valence-electron chi connectivity index (χ4n) is 6.28. The van der Waals surface area contributed by atoms with Gasteiger partial charge in [0.15, 0.2) is 0 Å². The summed E-state index contributed by atoms with van der Waals surface area (Å²) in [5.41, 5.74) is 9.80. The topological polar surface area (TPSA) is 50.9 Å². The number of rotatable bonds is 4. The van der Waals surface area contributed by atoms with Crippen LogP contribution in [0.25, 0.3) is 10.9 Å². The van der Waals surface area contributed by atoms with Gasteiger partial charge in [0.1, 0.15) is 0 Å². The van der Waals surface area contributed by atoms with E-state index in [2.05, 4.69) is 24.4 Å². The Bertz CT molecular complexity index is 811. The molecule has 3 nitrogen and oxygen atoms in total. The average Bonchev–Trinajstić information content (AvgIpc) is 2.59. The van der Waals surface area contributed by atoms with Gasteiger partial charge in [0.2, 0.25) is 0 Å². The lowest BCUT2D eigenvalue weighted by Crippen LogP contribution is -2.55. The molecule has 1 aromatic carbocycles. The van der Waals surface area contributed by atoms with E-state index >= 15 is 0 Å². The zero-order valence-electron chi connectivity index (χ0n) is 15.5. The van der Waals surface area contributed by atoms with E-state index in [0.29, 0.717) is 0 Å². The second-order valence-corrected chi connectivity index (χ2v) is 9.53. The zero-order valence-corrected chi connectivity index (χ0v) is 16.2. The Hall–Kier alpha value is -1.32. The Balaban J connectivity index is 1.56. The highest BCUT2D eigenvalue weighted by Crippen LogP contribution is 2.56. The van der Waals surface area contributed by atoms with Crippen LogP contribution in [0.1, 0.15) is 63.6 Å². The first-order chi connectivity index (χ1) is 12.5. The summed E-state index contributed by atoms with van der Waals surface area (Å²) in [7, 11) is 0. The minimum absolute atomic E-state index is 0.0465. The summed E-state index contributed by atoms with van der Waals surface area (Å²) in [6.45, 7) is 2.13. The second-order valence-electron chi connectivity index (χ2n) is 9.10. The maximum Gasteiger partial charge on any atom is 0.0809 e. The molecule has 1 atom stereocenters. The van der Waals surface area contributed by atoms with Crippen LogP contribution in [-0.4, -0.2) is 10.5 Å². The second kappa shape index (κ2) is 6.10. The highest BCUT2D eigenvalue weighted by atomic mass is 35.5. The number of halogens is 1. The van der Waals surface area contributed by atoms with Crippen molar-refractivity contribution < 1.29 is 0 Å². The monoisotopic (exact) mass is 369 g/mol. The van der Waals surface area contributed by atoms with Crippen molar-refractivity contribution in [2.45, 2.75) is 63.5 Å². The molecule has 1 unspecified atom stereocenters. The lowest BCUT2D eigenvalue weighted by Gasteiger charge is -2.57. The molecular weight excluding hydrogens is 342 g/mol. The van der Waals surface area contributed by atoms with E-state index in [1.54, 1.807) is 0 Å². The number of nitrogens with two attached hydrogens (primary N) is 1. The number of pyridine rings is 1. The van der Waals surface area contributed by atoms with Crippen LogP contribution in [0, 0.1) is 17.8 Å². The van der Waals surface area contributed by atoms with Crippen LogP contribution in [0.4, 0.5) is 5.69 Å². The summed E-state index contributed by atoms with van der Waals surface area (Å²) >= 11 is 6.18. The first kappa shape index (κ1) is 16.8. The molecule has 4 bridgehead atoms. The first-order valence-corrected chi connectivity index (χ1v) is 10.6. The molecular formula is C22H28ClN3. The molecule has 138 valence electrons. The third-order valence-electron chi connectivity index (χ3n) is 7.04. The number of benzene rings is 1. The van der Waals surface area contributed by atoms with Crippen molar-refractivity contribution in [2.75, 3.05) is 5.32 Å². The number of anilines is 1. The van der Waals surface area contributed by atoms with Crippen LogP contribution in [0.2, 0.25) is 5.02 Å². The van der Waals surface area contributed by atoms with Gasteiger partial charge in [-0.3, -0.25) is 0 Å². The highest BCUT2D eigenvalue weighted by molar-refractivity contribution is 6.31. The maximum atomic E-state index is 6.46. The molecule has 4 fully saturated rings. The molecule has 0 radical (unpaired) electrons. The van der Waals surface area contributed by atoms with Crippen molar-refractivity contribution in [1.82, 2.24) is 4.98 Å². The van der Waals surface area contributed by atoms with Crippen LogP contribution in [-0.2, 0) is 0 Å². The molecule has 4 saturated carbocycles. The van der Waals surface area contributed by atoms with E-state index in [-0.39, 0.29) is 11.6 Å². The summed E-state index contributed by atoms with van der Waals surface area (Å²) in [6.07, 6.45) is 9.20. The number of fused-ring (bicyclic) bond motifs is 1. The number of aromatic nitrogens is 1. The number of hydrogen-bond acceptors (Lipinski definition) is 3. The van der Waals surface area contributed by atoms with Crippen molar-refractivity contribution in [3.05, 3.63) is 35.0 Å². The lowest BCUT2D eigenvalue weighted by atomic mass is 9.53. The summed E-state index contributed by atoms with van der Waals surface area (Å²) in [5, 5.41) is 5.86. The van der Waals surface area contributed by atoms with E-state index in [1.165, 1.54) is 38.5 Å². The van der Waals surface area contributed by atoms with Gasteiger partial charge in [-0.25, -0.2) is 4.98 Å². The molecule has 1 aromatic heterocycles. The Morgan fingerprint density at radius 1 is 1.15 bits per heavy atom. The van der Waals surface area contributed by atoms with Crippen LogP contribution >= 0.6 is 11.6 Å². The number of nitrogens with zero attached hydrogens (tertiary/aromatic N) is 1. The zero-order chi connectivity index (χ0) is 17.9. The smallest absolute Gasteiger partial charge is 0.0809 e. The first-order valence-electron chi connectivity index (χ1n) is 10.2. The van der Waals surface area contributed by atoms with E-state index in [1.807, 2.05) is 12.1 Å².